The van der Waals surface area contributed by atoms with E-state index in [1.54, 1.807) is 72.8 Å². The van der Waals surface area contributed by atoms with Crippen LogP contribution in [-0.4, -0.2) is 24.0 Å². The van der Waals surface area contributed by atoms with Crippen LogP contribution in [0.5, 0.6) is 5.75 Å². The van der Waals surface area contributed by atoms with Crippen molar-refractivity contribution in [3.05, 3.63) is 94.5 Å². The summed E-state index contributed by atoms with van der Waals surface area (Å²) in [4.78, 5) is 36.9. The summed E-state index contributed by atoms with van der Waals surface area (Å²) in [5.41, 5.74) is 3.65. The molecule has 0 aliphatic heterocycles. The second-order valence-electron chi connectivity index (χ2n) is 8.42. The molecule has 3 aromatic carbocycles. The molecular formula is C26H24ClN3O4. The van der Waals surface area contributed by atoms with Gasteiger partial charge in [0.05, 0.1) is 11.8 Å². The van der Waals surface area contributed by atoms with E-state index in [1.807, 2.05) is 20.8 Å². The average Bonchev–Trinajstić information content (AvgIpc) is 2.81. The molecule has 0 aliphatic rings. The molecule has 8 heteroatoms. The summed E-state index contributed by atoms with van der Waals surface area (Å²) in [6.45, 7) is 5.45. The van der Waals surface area contributed by atoms with Gasteiger partial charge in [-0.3, -0.25) is 9.59 Å². The van der Waals surface area contributed by atoms with Gasteiger partial charge in [0.25, 0.3) is 5.91 Å². The van der Waals surface area contributed by atoms with Crippen molar-refractivity contribution >= 4 is 41.3 Å². The van der Waals surface area contributed by atoms with E-state index in [0.29, 0.717) is 27.4 Å². The molecule has 2 amide bonds. The van der Waals surface area contributed by atoms with Crippen LogP contribution in [0.4, 0.5) is 5.69 Å². The number of nitrogens with zero attached hydrogens (tertiary/aromatic N) is 1. The van der Waals surface area contributed by atoms with Crippen molar-refractivity contribution in [1.82, 2.24) is 5.43 Å². The number of benzene rings is 3. The molecule has 0 spiro atoms. The third-order valence-electron chi connectivity index (χ3n) is 4.64. The number of amides is 2. The Morgan fingerprint density at radius 3 is 2.24 bits per heavy atom. The quantitative estimate of drug-likeness (QED) is 0.217. The predicted molar refractivity (Wildman–Crippen MR) is 132 cm³/mol. The van der Waals surface area contributed by atoms with E-state index >= 15 is 0 Å². The minimum absolute atomic E-state index is 0.125. The fourth-order valence-corrected chi connectivity index (χ4v) is 2.88. The van der Waals surface area contributed by atoms with E-state index in [2.05, 4.69) is 15.8 Å². The SMILES string of the molecule is CC(C)(C)C(=O)Nc1ccc(C(=O)N/N=C/c2cc(Cl)ccc2OC(=O)c2ccccc2)cc1. The Morgan fingerprint density at radius 1 is 0.912 bits per heavy atom. The first kappa shape index (κ1) is 24.7. The summed E-state index contributed by atoms with van der Waals surface area (Å²) >= 11 is 6.07. The number of nitrogens with one attached hydrogen (secondary N) is 2. The summed E-state index contributed by atoms with van der Waals surface area (Å²) in [6, 6.07) is 19.7. The van der Waals surface area contributed by atoms with Crippen LogP contribution < -0.4 is 15.5 Å². The number of carbonyl (C=O) groups excluding carboxylic acids is 3. The number of hydrogen-bond acceptors (Lipinski definition) is 5. The van der Waals surface area contributed by atoms with Crippen LogP contribution in [0.25, 0.3) is 0 Å². The number of ether oxygens (including phenoxy) is 1. The van der Waals surface area contributed by atoms with Crippen LogP contribution in [-0.2, 0) is 4.79 Å². The molecule has 174 valence electrons. The number of esters is 1. The minimum atomic E-state index is -0.528. The van der Waals surface area contributed by atoms with Gasteiger partial charge in [0.2, 0.25) is 5.91 Å². The van der Waals surface area contributed by atoms with Crippen LogP contribution in [0, 0.1) is 5.41 Å². The van der Waals surface area contributed by atoms with Gasteiger partial charge in [-0.05, 0) is 54.6 Å². The van der Waals surface area contributed by atoms with Gasteiger partial charge in [0.15, 0.2) is 0 Å². The van der Waals surface area contributed by atoms with Gasteiger partial charge in [0.1, 0.15) is 5.75 Å². The lowest BCUT2D eigenvalue weighted by molar-refractivity contribution is -0.123. The van der Waals surface area contributed by atoms with Crippen molar-refractivity contribution in [2.45, 2.75) is 20.8 Å². The Hall–Kier alpha value is -3.97. The molecule has 0 aliphatic carbocycles. The van der Waals surface area contributed by atoms with Gasteiger partial charge in [-0.1, -0.05) is 50.6 Å². The molecule has 7 nitrogen and oxygen atoms in total. The summed E-state index contributed by atoms with van der Waals surface area (Å²) in [7, 11) is 0. The predicted octanol–water partition coefficient (Wildman–Crippen LogP) is 5.31. The number of hydrazone groups is 1. The molecular weight excluding hydrogens is 454 g/mol. The second-order valence-corrected chi connectivity index (χ2v) is 8.85. The van der Waals surface area contributed by atoms with E-state index in [-0.39, 0.29) is 11.7 Å². The van der Waals surface area contributed by atoms with Gasteiger partial charge in [-0.2, -0.15) is 5.10 Å². The first-order chi connectivity index (χ1) is 16.1. The zero-order valence-electron chi connectivity index (χ0n) is 19.0. The molecule has 0 bridgehead atoms. The van der Waals surface area contributed by atoms with Crippen LogP contribution in [0.15, 0.2) is 77.9 Å². The maximum absolute atomic E-state index is 12.4. The largest absolute Gasteiger partial charge is 0.422 e. The molecule has 0 unspecified atom stereocenters. The molecule has 2 N–H and O–H groups in total. The van der Waals surface area contributed by atoms with Crippen molar-refractivity contribution in [3.8, 4) is 5.75 Å². The van der Waals surface area contributed by atoms with Crippen LogP contribution >= 0.6 is 11.6 Å². The van der Waals surface area contributed by atoms with Gasteiger partial charge in [0, 0.05) is 27.3 Å². The topological polar surface area (TPSA) is 96.9 Å². The van der Waals surface area contributed by atoms with Gasteiger partial charge >= 0.3 is 5.97 Å². The first-order valence-electron chi connectivity index (χ1n) is 10.5. The van der Waals surface area contributed by atoms with Gasteiger partial charge < -0.3 is 10.1 Å². The number of halogens is 1. The molecule has 3 aromatic rings. The Bertz CT molecular complexity index is 1220. The Labute approximate surface area is 202 Å². The molecule has 0 atom stereocenters. The molecule has 0 aromatic heterocycles. The smallest absolute Gasteiger partial charge is 0.343 e. The molecule has 0 radical (unpaired) electrons. The van der Waals surface area contributed by atoms with Crippen LogP contribution in [0.3, 0.4) is 0 Å². The highest BCUT2D eigenvalue weighted by Gasteiger charge is 2.21. The fourth-order valence-electron chi connectivity index (χ4n) is 2.69. The maximum atomic E-state index is 12.4. The zero-order valence-corrected chi connectivity index (χ0v) is 19.7. The average molecular weight is 478 g/mol. The van der Waals surface area contributed by atoms with E-state index in [4.69, 9.17) is 16.3 Å². The van der Waals surface area contributed by atoms with Crippen LogP contribution in [0.1, 0.15) is 47.1 Å². The fraction of sp³-hybridized carbons (Fsp3) is 0.154. The Morgan fingerprint density at radius 2 is 1.59 bits per heavy atom. The summed E-state index contributed by atoms with van der Waals surface area (Å²) < 4.78 is 5.46. The van der Waals surface area contributed by atoms with E-state index in [0.717, 1.165) is 0 Å². The number of anilines is 1. The third kappa shape index (κ3) is 6.76. The molecule has 0 saturated carbocycles. The van der Waals surface area contributed by atoms with E-state index in [9.17, 15) is 14.4 Å². The highest BCUT2D eigenvalue weighted by atomic mass is 35.5. The molecule has 0 saturated heterocycles. The van der Waals surface area contributed by atoms with E-state index in [1.165, 1.54) is 6.21 Å². The van der Waals surface area contributed by atoms with Crippen LogP contribution in [0.2, 0.25) is 5.02 Å². The highest BCUT2D eigenvalue weighted by Crippen LogP contribution is 2.23. The van der Waals surface area contributed by atoms with Gasteiger partial charge in [-0.25, -0.2) is 10.2 Å². The van der Waals surface area contributed by atoms with Crippen molar-refractivity contribution in [2.24, 2.45) is 10.5 Å². The number of rotatable bonds is 6. The monoisotopic (exact) mass is 477 g/mol. The maximum Gasteiger partial charge on any atom is 0.343 e. The summed E-state index contributed by atoms with van der Waals surface area (Å²) in [5, 5.41) is 7.17. The van der Waals surface area contributed by atoms with Gasteiger partial charge in [-0.15, -0.1) is 0 Å². The third-order valence-corrected chi connectivity index (χ3v) is 4.87. The lowest BCUT2D eigenvalue weighted by Crippen LogP contribution is -2.27. The Kier molecular flexibility index (Phi) is 7.81. The molecule has 34 heavy (non-hydrogen) atoms. The van der Waals surface area contributed by atoms with Crippen molar-refractivity contribution in [2.75, 3.05) is 5.32 Å². The molecule has 0 fully saturated rings. The molecule has 0 heterocycles. The second kappa shape index (κ2) is 10.8. The lowest BCUT2D eigenvalue weighted by Gasteiger charge is -2.17. The zero-order chi connectivity index (χ0) is 24.7. The lowest BCUT2D eigenvalue weighted by atomic mass is 9.95. The minimum Gasteiger partial charge on any atom is -0.422 e. The number of hydrogen-bond donors (Lipinski definition) is 2. The standard InChI is InChI=1S/C26H24ClN3O4/c1-26(2,3)25(33)29-21-12-9-17(10-13-21)23(31)30-28-16-19-15-20(27)11-14-22(19)34-24(32)18-7-5-4-6-8-18/h4-16H,1-3H3,(H,29,33)(H,30,31)/b28-16+. The summed E-state index contributed by atoms with van der Waals surface area (Å²) in [6.07, 6.45) is 1.34. The number of carbonyl (C=O) groups is 3. The van der Waals surface area contributed by atoms with Crippen molar-refractivity contribution in [3.63, 3.8) is 0 Å². The normalized spacial score (nSPS) is 11.2. The highest BCUT2D eigenvalue weighted by molar-refractivity contribution is 6.31. The first-order valence-corrected chi connectivity index (χ1v) is 10.8. The van der Waals surface area contributed by atoms with E-state index < -0.39 is 17.3 Å². The van der Waals surface area contributed by atoms with Crippen molar-refractivity contribution < 1.29 is 19.1 Å². The summed E-state index contributed by atoms with van der Waals surface area (Å²) in [5.74, 6) is -0.857. The van der Waals surface area contributed by atoms with Crippen molar-refractivity contribution in [1.29, 1.82) is 0 Å². The Balaban J connectivity index is 1.66. The molecule has 3 rings (SSSR count).